The van der Waals surface area contributed by atoms with E-state index in [0.29, 0.717) is 35.5 Å². The molecule has 0 saturated heterocycles. The summed E-state index contributed by atoms with van der Waals surface area (Å²) in [4.78, 5) is 5.45. The number of nitrogens with zero attached hydrogens (tertiary/aromatic N) is 1. The summed E-state index contributed by atoms with van der Waals surface area (Å²) in [7, 11) is 1.65. The van der Waals surface area contributed by atoms with Gasteiger partial charge in [0.1, 0.15) is 5.75 Å². The molecule has 2 N–H and O–H groups in total. The first-order chi connectivity index (χ1) is 13.1. The second-order valence-electron chi connectivity index (χ2n) is 5.91. The molecule has 3 rings (SSSR count). The average Bonchev–Trinajstić information content (AvgIpc) is 3.32. The lowest BCUT2D eigenvalue weighted by molar-refractivity contribution is -0.0505. The highest BCUT2D eigenvalue weighted by atomic mass is 32.1. The molecule has 0 amide bonds. The third-order valence-electron chi connectivity index (χ3n) is 4.05. The highest BCUT2D eigenvalue weighted by Gasteiger charge is 2.20. The number of rotatable bonds is 7. The van der Waals surface area contributed by atoms with Crippen LogP contribution < -0.4 is 24.8 Å². The van der Waals surface area contributed by atoms with Gasteiger partial charge in [0.25, 0.3) is 0 Å². The monoisotopic (exact) mass is 397 g/mol. The Balaban J connectivity index is 1.62. The zero-order chi connectivity index (χ0) is 19.2. The van der Waals surface area contributed by atoms with Gasteiger partial charge >= 0.3 is 6.61 Å². The third-order valence-corrected chi connectivity index (χ3v) is 5.15. The number of halogens is 2. The SMILES string of the molecule is CN=C(NCc1cc2c(cc1OC(F)F)OCO2)NCC(C)c1cccs1. The van der Waals surface area contributed by atoms with Gasteiger partial charge in [-0.15, -0.1) is 11.3 Å². The summed E-state index contributed by atoms with van der Waals surface area (Å²) in [6, 6.07) is 7.16. The van der Waals surface area contributed by atoms with Crippen LogP contribution in [0.5, 0.6) is 17.2 Å². The van der Waals surface area contributed by atoms with Crippen molar-refractivity contribution < 1.29 is 23.0 Å². The van der Waals surface area contributed by atoms with Crippen LogP contribution in [-0.2, 0) is 6.54 Å². The molecular formula is C18H21F2N3O3S. The van der Waals surface area contributed by atoms with E-state index in [2.05, 4.69) is 33.4 Å². The Morgan fingerprint density at radius 3 is 2.74 bits per heavy atom. The number of fused-ring (bicyclic) bond motifs is 1. The van der Waals surface area contributed by atoms with E-state index in [9.17, 15) is 8.78 Å². The Morgan fingerprint density at radius 1 is 1.30 bits per heavy atom. The van der Waals surface area contributed by atoms with Gasteiger partial charge in [0.05, 0.1) is 0 Å². The largest absolute Gasteiger partial charge is 0.454 e. The number of hydrogen-bond donors (Lipinski definition) is 2. The summed E-state index contributed by atoms with van der Waals surface area (Å²) >= 11 is 1.71. The van der Waals surface area contributed by atoms with E-state index in [0.717, 1.165) is 0 Å². The van der Waals surface area contributed by atoms with E-state index in [1.54, 1.807) is 24.5 Å². The fraction of sp³-hybridized carbons (Fsp3) is 0.389. The summed E-state index contributed by atoms with van der Waals surface area (Å²) in [5.41, 5.74) is 0.522. The number of nitrogens with one attached hydrogen (secondary N) is 2. The topological polar surface area (TPSA) is 64.1 Å². The van der Waals surface area contributed by atoms with Crippen LogP contribution >= 0.6 is 11.3 Å². The molecular weight excluding hydrogens is 376 g/mol. The number of alkyl halides is 2. The molecule has 6 nitrogen and oxygen atoms in total. The van der Waals surface area contributed by atoms with Crippen molar-refractivity contribution in [3.8, 4) is 17.2 Å². The van der Waals surface area contributed by atoms with E-state index in [1.165, 1.54) is 10.9 Å². The average molecular weight is 397 g/mol. The Morgan fingerprint density at radius 2 is 2.07 bits per heavy atom. The minimum Gasteiger partial charge on any atom is -0.454 e. The third kappa shape index (κ3) is 5.00. The quantitative estimate of drug-likeness (QED) is 0.553. The Kier molecular flexibility index (Phi) is 6.33. The highest BCUT2D eigenvalue weighted by Crippen LogP contribution is 2.38. The van der Waals surface area contributed by atoms with Gasteiger partial charge in [-0.2, -0.15) is 8.78 Å². The molecule has 1 aromatic heterocycles. The predicted molar refractivity (Wildman–Crippen MR) is 100 cm³/mol. The Hall–Kier alpha value is -2.55. The Bertz CT molecular complexity index is 784. The van der Waals surface area contributed by atoms with Crippen molar-refractivity contribution in [1.29, 1.82) is 0 Å². The molecule has 0 bridgehead atoms. The number of ether oxygens (including phenoxy) is 3. The van der Waals surface area contributed by atoms with Crippen molar-refractivity contribution in [2.45, 2.75) is 26.0 Å². The number of guanidine groups is 1. The van der Waals surface area contributed by atoms with Crippen molar-refractivity contribution in [1.82, 2.24) is 10.6 Å². The van der Waals surface area contributed by atoms with Gasteiger partial charge in [-0.1, -0.05) is 13.0 Å². The van der Waals surface area contributed by atoms with Crippen molar-refractivity contribution in [3.05, 3.63) is 40.1 Å². The maximum atomic E-state index is 12.7. The molecule has 1 aliphatic heterocycles. The van der Waals surface area contributed by atoms with Gasteiger partial charge in [-0.3, -0.25) is 4.99 Å². The molecule has 0 aliphatic carbocycles. The highest BCUT2D eigenvalue weighted by molar-refractivity contribution is 7.10. The molecule has 1 aliphatic rings. The molecule has 9 heteroatoms. The standard InChI is InChI=1S/C18H21F2N3O3S/c1-11(16-4-3-5-27-16)8-22-18(21-2)23-9-12-6-14-15(25-10-24-14)7-13(12)26-17(19)20/h3-7,11,17H,8-10H2,1-2H3,(H2,21,22,23). The van der Waals surface area contributed by atoms with Crippen LogP contribution in [0.4, 0.5) is 8.78 Å². The molecule has 2 heterocycles. The van der Waals surface area contributed by atoms with Gasteiger partial charge < -0.3 is 24.8 Å². The number of hydrogen-bond acceptors (Lipinski definition) is 5. The minimum atomic E-state index is -2.92. The van der Waals surface area contributed by atoms with Crippen LogP contribution in [-0.4, -0.2) is 33.0 Å². The smallest absolute Gasteiger partial charge is 0.387 e. The van der Waals surface area contributed by atoms with Crippen LogP contribution in [0.2, 0.25) is 0 Å². The summed E-state index contributed by atoms with van der Waals surface area (Å²) in [5, 5.41) is 8.40. The lowest BCUT2D eigenvalue weighted by Gasteiger charge is -2.17. The maximum absolute atomic E-state index is 12.7. The molecule has 0 spiro atoms. The first kappa shape index (κ1) is 19.2. The number of aliphatic imine (C=N–C) groups is 1. The molecule has 27 heavy (non-hydrogen) atoms. The molecule has 0 radical (unpaired) electrons. The fourth-order valence-electron chi connectivity index (χ4n) is 2.63. The number of benzene rings is 1. The fourth-order valence-corrected chi connectivity index (χ4v) is 3.42. The summed E-state index contributed by atoms with van der Waals surface area (Å²) in [6.07, 6.45) is 0. The van der Waals surface area contributed by atoms with Crippen molar-refractivity contribution in [2.75, 3.05) is 20.4 Å². The van der Waals surface area contributed by atoms with E-state index >= 15 is 0 Å². The van der Waals surface area contributed by atoms with E-state index in [4.69, 9.17) is 9.47 Å². The summed E-state index contributed by atoms with van der Waals surface area (Å²) in [6.45, 7) is 0.198. The zero-order valence-corrected chi connectivity index (χ0v) is 15.8. The van der Waals surface area contributed by atoms with Gasteiger partial charge in [-0.25, -0.2) is 0 Å². The molecule has 146 valence electrons. The lowest BCUT2D eigenvalue weighted by atomic mass is 10.1. The maximum Gasteiger partial charge on any atom is 0.387 e. The minimum absolute atomic E-state index is 0.0455. The second-order valence-corrected chi connectivity index (χ2v) is 6.89. The normalized spacial score (nSPS) is 14.3. The van der Waals surface area contributed by atoms with Crippen molar-refractivity contribution in [2.24, 2.45) is 4.99 Å². The van der Waals surface area contributed by atoms with Crippen molar-refractivity contribution >= 4 is 17.3 Å². The summed E-state index contributed by atoms with van der Waals surface area (Å²) < 4.78 is 40.6. The number of thiophene rings is 1. The molecule has 0 fully saturated rings. The van der Waals surface area contributed by atoms with E-state index in [1.807, 2.05) is 11.4 Å². The van der Waals surface area contributed by atoms with Crippen LogP contribution in [0.3, 0.4) is 0 Å². The summed E-state index contributed by atoms with van der Waals surface area (Å²) in [5.74, 6) is 1.83. The molecule has 2 aromatic rings. The van der Waals surface area contributed by atoms with E-state index in [-0.39, 0.29) is 19.1 Å². The van der Waals surface area contributed by atoms with Gasteiger partial charge in [0.15, 0.2) is 17.5 Å². The van der Waals surface area contributed by atoms with Crippen LogP contribution in [0.15, 0.2) is 34.6 Å². The molecule has 1 atom stereocenters. The lowest BCUT2D eigenvalue weighted by Crippen LogP contribution is -2.38. The van der Waals surface area contributed by atoms with Crippen molar-refractivity contribution in [3.63, 3.8) is 0 Å². The molecule has 1 unspecified atom stereocenters. The Labute approximate surface area is 160 Å². The van der Waals surface area contributed by atoms with Crippen LogP contribution in [0, 0.1) is 0 Å². The predicted octanol–water partition coefficient (Wildman–Crippen LogP) is 3.55. The second kappa shape index (κ2) is 8.90. The van der Waals surface area contributed by atoms with Gasteiger partial charge in [-0.05, 0) is 17.5 Å². The van der Waals surface area contributed by atoms with Crippen LogP contribution in [0.25, 0.3) is 0 Å². The van der Waals surface area contributed by atoms with Gasteiger partial charge in [0, 0.05) is 42.6 Å². The first-order valence-electron chi connectivity index (χ1n) is 8.42. The van der Waals surface area contributed by atoms with Crippen LogP contribution in [0.1, 0.15) is 23.3 Å². The zero-order valence-electron chi connectivity index (χ0n) is 15.0. The molecule has 0 saturated carbocycles. The molecule has 1 aromatic carbocycles. The first-order valence-corrected chi connectivity index (χ1v) is 9.30. The van der Waals surface area contributed by atoms with Gasteiger partial charge in [0.2, 0.25) is 6.79 Å². The van der Waals surface area contributed by atoms with E-state index < -0.39 is 6.61 Å².